The third kappa shape index (κ3) is 1.71. The van der Waals surface area contributed by atoms with Gasteiger partial charge in [-0.05, 0) is 37.1 Å². The van der Waals surface area contributed by atoms with E-state index in [-0.39, 0.29) is 0 Å². The van der Waals surface area contributed by atoms with Gasteiger partial charge in [-0.15, -0.1) is 0 Å². The van der Waals surface area contributed by atoms with Crippen LogP contribution in [0.1, 0.15) is 12.8 Å². The molecule has 0 saturated carbocycles. The van der Waals surface area contributed by atoms with Crippen molar-refractivity contribution in [2.24, 2.45) is 5.92 Å². The van der Waals surface area contributed by atoms with E-state index < -0.39 is 0 Å². The van der Waals surface area contributed by atoms with Crippen LogP contribution in [0.25, 0.3) is 0 Å². The van der Waals surface area contributed by atoms with Gasteiger partial charge in [0.1, 0.15) is 0 Å². The van der Waals surface area contributed by atoms with Crippen LogP contribution in [-0.4, -0.2) is 6.54 Å². The van der Waals surface area contributed by atoms with Gasteiger partial charge in [-0.1, -0.05) is 34.1 Å². The fourth-order valence-corrected chi connectivity index (χ4v) is 2.97. The van der Waals surface area contributed by atoms with Crippen LogP contribution in [0.4, 0.5) is 5.69 Å². The minimum absolute atomic E-state index is 0.740. The van der Waals surface area contributed by atoms with Gasteiger partial charge in [0.15, 0.2) is 0 Å². The zero-order valence-corrected chi connectivity index (χ0v) is 10.7. The van der Waals surface area contributed by atoms with Gasteiger partial charge < -0.3 is 4.90 Å². The second-order valence-corrected chi connectivity index (χ2v) is 5.29. The molecule has 1 fully saturated rings. The van der Waals surface area contributed by atoms with Gasteiger partial charge in [0.05, 0.1) is 0 Å². The minimum Gasteiger partial charge on any atom is -0.345 e. The quantitative estimate of drug-likeness (QED) is 0.745. The first-order valence-corrected chi connectivity index (χ1v) is 6.54. The molecule has 1 aliphatic carbocycles. The fourth-order valence-electron chi connectivity index (χ4n) is 2.58. The van der Waals surface area contributed by atoms with Crippen molar-refractivity contribution < 1.29 is 0 Å². The van der Waals surface area contributed by atoms with Crippen molar-refractivity contribution in [2.75, 3.05) is 11.4 Å². The molecule has 1 aromatic carbocycles. The van der Waals surface area contributed by atoms with Crippen LogP contribution in [0.5, 0.6) is 0 Å². The van der Waals surface area contributed by atoms with Crippen molar-refractivity contribution in [2.45, 2.75) is 12.8 Å². The molecule has 1 aliphatic heterocycles. The van der Waals surface area contributed by atoms with Crippen molar-refractivity contribution >= 4 is 21.6 Å². The maximum Gasteiger partial charge on any atom is 0.0419 e. The van der Waals surface area contributed by atoms with E-state index >= 15 is 0 Å². The number of hydrogen-bond donors (Lipinski definition) is 0. The molecule has 1 saturated heterocycles. The van der Waals surface area contributed by atoms with Gasteiger partial charge in [-0.2, -0.15) is 0 Å². The zero-order chi connectivity index (χ0) is 11.0. The molecule has 0 amide bonds. The summed E-state index contributed by atoms with van der Waals surface area (Å²) in [6.07, 6.45) is 9.21. The molecular weight excluding hydrogens is 262 g/mol. The Morgan fingerprint density at radius 2 is 2.25 bits per heavy atom. The van der Waals surface area contributed by atoms with Crippen molar-refractivity contribution in [1.29, 1.82) is 0 Å². The van der Waals surface area contributed by atoms with Crippen molar-refractivity contribution in [3.63, 3.8) is 0 Å². The zero-order valence-electron chi connectivity index (χ0n) is 9.07. The lowest BCUT2D eigenvalue weighted by atomic mass is 9.97. The van der Waals surface area contributed by atoms with E-state index in [9.17, 15) is 0 Å². The summed E-state index contributed by atoms with van der Waals surface area (Å²) in [6.45, 7) is 1.15. The first kappa shape index (κ1) is 10.2. The van der Waals surface area contributed by atoms with Gasteiger partial charge >= 0.3 is 0 Å². The second-order valence-electron chi connectivity index (χ2n) is 4.37. The Labute approximate surface area is 105 Å². The van der Waals surface area contributed by atoms with E-state index in [2.05, 4.69) is 63.3 Å². The Morgan fingerprint density at radius 3 is 3.12 bits per heavy atom. The van der Waals surface area contributed by atoms with E-state index in [1.165, 1.54) is 24.2 Å². The summed E-state index contributed by atoms with van der Waals surface area (Å²) < 4.78 is 1.15. The molecule has 0 bridgehead atoms. The normalized spacial score (nSPS) is 23.2. The van der Waals surface area contributed by atoms with E-state index in [0.29, 0.717) is 0 Å². The first-order valence-electron chi connectivity index (χ1n) is 5.74. The van der Waals surface area contributed by atoms with E-state index in [1.807, 2.05) is 0 Å². The third-order valence-electron chi connectivity index (χ3n) is 3.37. The molecule has 3 rings (SSSR count). The number of allylic oxidation sites excluding steroid dienone is 4. The summed E-state index contributed by atoms with van der Waals surface area (Å²) in [5.41, 5.74) is 2.79. The molecule has 82 valence electrons. The molecule has 1 heterocycles. The van der Waals surface area contributed by atoms with Crippen LogP contribution >= 0.6 is 15.9 Å². The van der Waals surface area contributed by atoms with Gasteiger partial charge in [0.25, 0.3) is 0 Å². The van der Waals surface area contributed by atoms with Crippen LogP contribution in [0.2, 0.25) is 0 Å². The van der Waals surface area contributed by atoms with Gasteiger partial charge in [0, 0.05) is 28.3 Å². The maximum absolute atomic E-state index is 3.54. The highest BCUT2D eigenvalue weighted by atomic mass is 79.9. The lowest BCUT2D eigenvalue weighted by molar-refractivity contribution is 0.646. The van der Waals surface area contributed by atoms with Crippen LogP contribution in [0.3, 0.4) is 0 Å². The number of nitrogens with zero attached hydrogens (tertiary/aromatic N) is 1. The monoisotopic (exact) mass is 275 g/mol. The van der Waals surface area contributed by atoms with Crippen molar-refractivity contribution in [3.8, 4) is 0 Å². The number of anilines is 1. The average molecular weight is 276 g/mol. The van der Waals surface area contributed by atoms with E-state index in [0.717, 1.165) is 16.9 Å². The van der Waals surface area contributed by atoms with E-state index in [1.54, 1.807) is 0 Å². The molecule has 2 aliphatic rings. The highest BCUT2D eigenvalue weighted by Crippen LogP contribution is 2.37. The lowest BCUT2D eigenvalue weighted by Gasteiger charge is -2.23. The molecule has 1 atom stereocenters. The largest absolute Gasteiger partial charge is 0.345 e. The maximum atomic E-state index is 3.54. The predicted molar refractivity (Wildman–Crippen MR) is 71.4 cm³/mol. The molecule has 16 heavy (non-hydrogen) atoms. The molecule has 0 aromatic heterocycles. The summed E-state index contributed by atoms with van der Waals surface area (Å²) in [5.74, 6) is 0.740. The highest BCUT2D eigenvalue weighted by Gasteiger charge is 2.28. The Hall–Kier alpha value is -1.02. The van der Waals surface area contributed by atoms with Crippen molar-refractivity contribution in [1.82, 2.24) is 0 Å². The molecule has 0 N–H and O–H groups in total. The molecule has 1 aromatic rings. The number of halogens is 1. The number of rotatable bonds is 1. The van der Waals surface area contributed by atoms with Gasteiger partial charge in [-0.3, -0.25) is 0 Å². The fraction of sp³-hybridized carbons (Fsp3) is 0.286. The number of fused-ring (bicyclic) bond motifs is 1. The lowest BCUT2D eigenvalue weighted by Crippen LogP contribution is -2.18. The summed E-state index contributed by atoms with van der Waals surface area (Å²) in [4.78, 5) is 2.44. The molecular formula is C14H14BrN. The number of hydrogen-bond acceptors (Lipinski definition) is 1. The molecule has 0 spiro atoms. The molecule has 1 unspecified atom stereocenters. The topological polar surface area (TPSA) is 3.24 Å². The summed E-state index contributed by atoms with van der Waals surface area (Å²) >= 11 is 3.54. The first-order chi connectivity index (χ1) is 7.84. The third-order valence-corrected chi connectivity index (χ3v) is 3.87. The number of benzene rings is 1. The van der Waals surface area contributed by atoms with Crippen LogP contribution in [0, 0.1) is 5.92 Å². The molecule has 0 radical (unpaired) electrons. The highest BCUT2D eigenvalue weighted by molar-refractivity contribution is 9.10. The Kier molecular flexibility index (Phi) is 2.60. The standard InChI is InChI=1S/C14H14BrN/c15-12-5-3-6-13(10-12)16-9-8-11-4-1-2-7-14(11)16/h1-3,5-7,10-11H,4,8-9H2. The van der Waals surface area contributed by atoms with Crippen LogP contribution < -0.4 is 4.90 Å². The Morgan fingerprint density at radius 1 is 1.31 bits per heavy atom. The smallest absolute Gasteiger partial charge is 0.0419 e. The van der Waals surface area contributed by atoms with Crippen LogP contribution in [0.15, 0.2) is 52.7 Å². The minimum atomic E-state index is 0.740. The van der Waals surface area contributed by atoms with Crippen LogP contribution in [-0.2, 0) is 0 Å². The van der Waals surface area contributed by atoms with Crippen molar-refractivity contribution in [3.05, 3.63) is 52.7 Å². The van der Waals surface area contributed by atoms with Gasteiger partial charge in [0.2, 0.25) is 0 Å². The average Bonchev–Trinajstić information content (AvgIpc) is 2.72. The summed E-state index contributed by atoms with van der Waals surface area (Å²) in [7, 11) is 0. The second kappa shape index (κ2) is 4.10. The van der Waals surface area contributed by atoms with Gasteiger partial charge in [-0.25, -0.2) is 0 Å². The Balaban J connectivity index is 1.96. The summed E-state index contributed by atoms with van der Waals surface area (Å²) in [6, 6.07) is 8.56. The molecule has 1 nitrogen and oxygen atoms in total. The van der Waals surface area contributed by atoms with E-state index in [4.69, 9.17) is 0 Å². The SMILES string of the molecule is Brc1cccc(N2CCC3CC=CC=C32)c1. The predicted octanol–water partition coefficient (Wildman–Crippen LogP) is 4.12. The Bertz CT molecular complexity index is 462. The summed E-state index contributed by atoms with van der Waals surface area (Å²) in [5, 5.41) is 0. The molecule has 2 heteroatoms.